The van der Waals surface area contributed by atoms with E-state index in [-0.39, 0.29) is 18.4 Å². The van der Waals surface area contributed by atoms with Crippen LogP contribution in [0.3, 0.4) is 0 Å². The Hall–Kier alpha value is -2.37. The van der Waals surface area contributed by atoms with Crippen LogP contribution in [0.2, 0.25) is 5.02 Å². The number of carboxylic acids is 1. The quantitative estimate of drug-likeness (QED) is 0.363. The number of hydrogen-bond acceptors (Lipinski definition) is 3. The molecule has 5 nitrogen and oxygen atoms in total. The molecule has 1 unspecified atom stereocenters. The lowest BCUT2D eigenvalue weighted by molar-refractivity contribution is -0.137. The number of aryl methyl sites for hydroxylation is 1. The van der Waals surface area contributed by atoms with Crippen molar-refractivity contribution in [1.29, 1.82) is 0 Å². The summed E-state index contributed by atoms with van der Waals surface area (Å²) in [4.78, 5) is 24.9. The Morgan fingerprint density at radius 3 is 2.70 bits per heavy atom. The molecule has 0 spiro atoms. The number of aliphatic carboxylic acids is 1. The molecule has 3 rings (SSSR count). The van der Waals surface area contributed by atoms with E-state index in [1.54, 1.807) is 0 Å². The highest BCUT2D eigenvalue weighted by molar-refractivity contribution is 6.30. The second kappa shape index (κ2) is 12.2. The zero-order chi connectivity index (χ0) is 23.8. The lowest BCUT2D eigenvalue weighted by Crippen LogP contribution is -2.34. The molecule has 2 aromatic rings. The van der Waals surface area contributed by atoms with E-state index in [4.69, 9.17) is 16.7 Å². The summed E-state index contributed by atoms with van der Waals surface area (Å²) >= 11 is 6.09. The fourth-order valence-corrected chi connectivity index (χ4v) is 4.92. The molecule has 33 heavy (non-hydrogen) atoms. The van der Waals surface area contributed by atoms with Gasteiger partial charge >= 0.3 is 5.97 Å². The third-order valence-electron chi connectivity index (χ3n) is 6.54. The minimum atomic E-state index is -0.753. The zero-order valence-electron chi connectivity index (χ0n) is 19.3. The van der Waals surface area contributed by atoms with Gasteiger partial charge in [0.1, 0.15) is 0 Å². The van der Waals surface area contributed by atoms with E-state index in [9.17, 15) is 14.7 Å². The van der Waals surface area contributed by atoms with Crippen molar-refractivity contribution < 1.29 is 19.8 Å². The number of unbranched alkanes of at least 4 members (excludes halogenated alkanes) is 3. The van der Waals surface area contributed by atoms with Gasteiger partial charge in [-0.1, -0.05) is 48.7 Å². The second-order valence-electron chi connectivity index (χ2n) is 9.02. The standard InChI is InChI=1S/C27H34ClNO4/c1-19-17-22(28)10-13-24(19)20-7-6-8-21(18-20)25(30)14-11-23-12-15-26(31)29(23)16-5-3-2-4-9-27(32)33/h6-8,10,13,17-18,23,25,30H,2-5,9,11-12,14-16H2,1H3,(H,32,33)/t23-,25?/m0/s1. The Morgan fingerprint density at radius 2 is 1.94 bits per heavy atom. The van der Waals surface area contributed by atoms with E-state index >= 15 is 0 Å². The van der Waals surface area contributed by atoms with Crippen LogP contribution in [0.5, 0.6) is 0 Å². The molecular formula is C27H34ClNO4. The van der Waals surface area contributed by atoms with Crippen LogP contribution in [0.15, 0.2) is 42.5 Å². The molecule has 1 saturated heterocycles. The number of benzene rings is 2. The molecule has 1 amide bonds. The predicted molar refractivity (Wildman–Crippen MR) is 131 cm³/mol. The number of likely N-dealkylation sites (tertiary alicyclic amines) is 1. The molecule has 0 aliphatic carbocycles. The van der Waals surface area contributed by atoms with Gasteiger partial charge in [-0.2, -0.15) is 0 Å². The van der Waals surface area contributed by atoms with E-state index in [1.165, 1.54) is 0 Å². The Balaban J connectivity index is 1.52. The maximum atomic E-state index is 12.3. The summed E-state index contributed by atoms with van der Waals surface area (Å²) in [6.45, 7) is 2.75. The molecule has 0 aromatic heterocycles. The first-order valence-electron chi connectivity index (χ1n) is 11.9. The maximum absolute atomic E-state index is 12.3. The van der Waals surface area contributed by atoms with Crippen LogP contribution in [0.25, 0.3) is 11.1 Å². The summed E-state index contributed by atoms with van der Waals surface area (Å²) in [5.74, 6) is -0.558. The van der Waals surface area contributed by atoms with Gasteiger partial charge in [0, 0.05) is 30.5 Å². The van der Waals surface area contributed by atoms with Gasteiger partial charge in [0.2, 0.25) is 5.91 Å². The molecule has 0 radical (unpaired) electrons. The highest BCUT2D eigenvalue weighted by atomic mass is 35.5. The highest BCUT2D eigenvalue weighted by Gasteiger charge is 2.30. The monoisotopic (exact) mass is 471 g/mol. The van der Waals surface area contributed by atoms with Gasteiger partial charge in [0.15, 0.2) is 0 Å². The van der Waals surface area contributed by atoms with Crippen molar-refractivity contribution in [2.75, 3.05) is 6.54 Å². The Kier molecular flexibility index (Phi) is 9.33. The number of hydrogen-bond donors (Lipinski definition) is 2. The Bertz CT molecular complexity index is 961. The largest absolute Gasteiger partial charge is 0.481 e. The summed E-state index contributed by atoms with van der Waals surface area (Å²) in [6, 6.07) is 14.0. The van der Waals surface area contributed by atoms with Crippen molar-refractivity contribution in [3.05, 3.63) is 58.6 Å². The molecule has 1 aliphatic rings. The number of rotatable bonds is 12. The number of amides is 1. The normalized spacial score (nSPS) is 16.9. The van der Waals surface area contributed by atoms with E-state index in [2.05, 4.69) is 0 Å². The molecule has 2 aromatic carbocycles. The SMILES string of the molecule is Cc1cc(Cl)ccc1-c1cccc(C(O)CC[C@H]2CCC(=O)N2CCCCCCC(=O)O)c1. The number of aliphatic hydroxyl groups excluding tert-OH is 1. The van der Waals surface area contributed by atoms with Crippen molar-refractivity contribution in [3.8, 4) is 11.1 Å². The van der Waals surface area contributed by atoms with Gasteiger partial charge in [-0.3, -0.25) is 9.59 Å². The molecule has 178 valence electrons. The molecule has 1 heterocycles. The van der Waals surface area contributed by atoms with E-state index < -0.39 is 12.1 Å². The summed E-state index contributed by atoms with van der Waals surface area (Å²) < 4.78 is 0. The number of carbonyl (C=O) groups excluding carboxylic acids is 1. The topological polar surface area (TPSA) is 77.8 Å². The van der Waals surface area contributed by atoms with Crippen molar-refractivity contribution in [3.63, 3.8) is 0 Å². The fourth-order valence-electron chi connectivity index (χ4n) is 4.69. The Labute approximate surface area is 201 Å². The van der Waals surface area contributed by atoms with Crippen molar-refractivity contribution in [2.24, 2.45) is 0 Å². The van der Waals surface area contributed by atoms with Gasteiger partial charge in [-0.15, -0.1) is 0 Å². The van der Waals surface area contributed by atoms with Crippen LogP contribution < -0.4 is 0 Å². The van der Waals surface area contributed by atoms with E-state index in [0.717, 1.165) is 60.9 Å². The summed E-state index contributed by atoms with van der Waals surface area (Å²) in [7, 11) is 0. The van der Waals surface area contributed by atoms with Crippen LogP contribution in [0.4, 0.5) is 0 Å². The zero-order valence-corrected chi connectivity index (χ0v) is 20.1. The number of carboxylic acid groups (broad SMARTS) is 1. The predicted octanol–water partition coefficient (Wildman–Crippen LogP) is 6.16. The minimum Gasteiger partial charge on any atom is -0.481 e. The lowest BCUT2D eigenvalue weighted by Gasteiger charge is -2.26. The molecule has 6 heteroatoms. The van der Waals surface area contributed by atoms with Crippen molar-refractivity contribution in [1.82, 2.24) is 4.90 Å². The first-order chi connectivity index (χ1) is 15.8. The van der Waals surface area contributed by atoms with Crippen LogP contribution in [-0.2, 0) is 9.59 Å². The van der Waals surface area contributed by atoms with Crippen molar-refractivity contribution >= 4 is 23.5 Å². The number of halogens is 1. The third kappa shape index (κ3) is 7.31. The Morgan fingerprint density at radius 1 is 1.15 bits per heavy atom. The lowest BCUT2D eigenvalue weighted by atomic mass is 9.95. The van der Waals surface area contributed by atoms with Crippen LogP contribution >= 0.6 is 11.6 Å². The molecule has 1 fully saturated rings. The second-order valence-corrected chi connectivity index (χ2v) is 9.45. The molecular weight excluding hydrogens is 438 g/mol. The smallest absolute Gasteiger partial charge is 0.303 e. The van der Waals surface area contributed by atoms with Crippen molar-refractivity contribution in [2.45, 2.75) is 76.9 Å². The number of nitrogens with zero attached hydrogens (tertiary/aromatic N) is 1. The van der Waals surface area contributed by atoms with E-state index in [1.807, 2.05) is 54.3 Å². The number of carbonyl (C=O) groups is 2. The van der Waals surface area contributed by atoms with Gasteiger partial charge in [-0.05, 0) is 79.5 Å². The maximum Gasteiger partial charge on any atom is 0.303 e. The number of aliphatic hydroxyl groups is 1. The van der Waals surface area contributed by atoms with E-state index in [0.29, 0.717) is 24.3 Å². The van der Waals surface area contributed by atoms with Crippen LogP contribution in [-0.4, -0.2) is 39.6 Å². The summed E-state index contributed by atoms with van der Waals surface area (Å²) in [5, 5.41) is 20.3. The van der Waals surface area contributed by atoms with Gasteiger partial charge in [0.25, 0.3) is 0 Å². The molecule has 2 N–H and O–H groups in total. The average molecular weight is 472 g/mol. The average Bonchev–Trinajstić information content (AvgIpc) is 3.13. The van der Waals surface area contributed by atoms with Gasteiger partial charge in [-0.25, -0.2) is 0 Å². The summed E-state index contributed by atoms with van der Waals surface area (Å²) in [5.41, 5.74) is 4.14. The molecule has 0 saturated carbocycles. The minimum absolute atomic E-state index is 0.174. The van der Waals surface area contributed by atoms with Crippen LogP contribution in [0.1, 0.15) is 75.0 Å². The molecule has 2 atom stereocenters. The van der Waals surface area contributed by atoms with Crippen LogP contribution in [0, 0.1) is 6.92 Å². The molecule has 1 aliphatic heterocycles. The third-order valence-corrected chi connectivity index (χ3v) is 6.77. The highest BCUT2D eigenvalue weighted by Crippen LogP contribution is 2.31. The first-order valence-corrected chi connectivity index (χ1v) is 12.3. The van der Waals surface area contributed by atoms with Gasteiger partial charge < -0.3 is 15.1 Å². The first kappa shape index (κ1) is 25.3. The fraction of sp³-hybridized carbons (Fsp3) is 0.481. The molecule has 0 bridgehead atoms. The summed E-state index contributed by atoms with van der Waals surface area (Å²) in [6.07, 6.45) is 5.82. The van der Waals surface area contributed by atoms with Gasteiger partial charge in [0.05, 0.1) is 6.10 Å².